The van der Waals surface area contributed by atoms with Crippen molar-refractivity contribution in [2.75, 3.05) is 18.5 Å². The third-order valence-corrected chi connectivity index (χ3v) is 4.21. The predicted octanol–water partition coefficient (Wildman–Crippen LogP) is 4.11. The number of nitrogens with one attached hydrogen (secondary N) is 1. The first-order chi connectivity index (χ1) is 14.6. The van der Waals surface area contributed by atoms with Gasteiger partial charge in [0.1, 0.15) is 5.75 Å². The maximum atomic E-state index is 12.7. The number of esters is 1. The van der Waals surface area contributed by atoms with Gasteiger partial charge in [-0.15, -0.1) is 0 Å². The van der Waals surface area contributed by atoms with Crippen LogP contribution in [0.4, 0.5) is 5.69 Å². The van der Waals surface area contributed by atoms with E-state index in [1.807, 2.05) is 6.92 Å². The predicted molar refractivity (Wildman–Crippen MR) is 113 cm³/mol. The Morgan fingerprint density at radius 3 is 2.10 bits per heavy atom. The van der Waals surface area contributed by atoms with Crippen LogP contribution in [-0.4, -0.2) is 30.9 Å². The Hall–Kier alpha value is -3.93. The van der Waals surface area contributed by atoms with Gasteiger partial charge in [-0.2, -0.15) is 0 Å². The maximum Gasteiger partial charge on any atom is 0.339 e. The summed E-state index contributed by atoms with van der Waals surface area (Å²) in [5.41, 5.74) is 1.35. The molecule has 0 aromatic heterocycles. The number of carbonyl (C=O) groups excluding carboxylic acids is 3. The van der Waals surface area contributed by atoms with Crippen molar-refractivity contribution in [2.24, 2.45) is 0 Å². The summed E-state index contributed by atoms with van der Waals surface area (Å²) < 4.78 is 10.5. The van der Waals surface area contributed by atoms with Gasteiger partial charge in [-0.1, -0.05) is 48.5 Å². The molecule has 0 aliphatic rings. The van der Waals surface area contributed by atoms with E-state index in [1.54, 1.807) is 72.8 Å². The molecule has 0 aliphatic carbocycles. The largest absolute Gasteiger partial charge is 0.494 e. The molecule has 6 nitrogen and oxygen atoms in total. The fourth-order valence-corrected chi connectivity index (χ4v) is 2.81. The van der Waals surface area contributed by atoms with Gasteiger partial charge in [0.15, 0.2) is 12.4 Å². The minimum atomic E-state index is -0.739. The van der Waals surface area contributed by atoms with Gasteiger partial charge >= 0.3 is 5.97 Å². The molecule has 152 valence electrons. The lowest BCUT2D eigenvalue weighted by molar-refractivity contribution is -0.119. The zero-order valence-electron chi connectivity index (χ0n) is 16.5. The standard InChI is InChI=1S/C24H21NO5/c1-2-29-19-14-12-18(13-15-19)25-22(26)16-30-24(28)21-11-7-6-10-20(21)23(27)17-8-4-3-5-9-17/h3-15H,2,16H2,1H3,(H,25,26). The van der Waals surface area contributed by atoms with Crippen LogP contribution in [0.25, 0.3) is 0 Å². The van der Waals surface area contributed by atoms with E-state index in [0.717, 1.165) is 0 Å². The molecule has 3 rings (SSSR count). The van der Waals surface area contributed by atoms with Crippen molar-refractivity contribution in [3.05, 3.63) is 95.6 Å². The highest BCUT2D eigenvalue weighted by Gasteiger charge is 2.19. The van der Waals surface area contributed by atoms with Gasteiger partial charge in [-0.05, 0) is 37.3 Å². The summed E-state index contributed by atoms with van der Waals surface area (Å²) in [6, 6.07) is 21.9. The Bertz CT molecular complexity index is 1030. The van der Waals surface area contributed by atoms with Crippen LogP contribution in [0.1, 0.15) is 33.2 Å². The number of hydrogen-bond donors (Lipinski definition) is 1. The molecule has 3 aromatic rings. The third kappa shape index (κ3) is 5.32. The Morgan fingerprint density at radius 1 is 0.800 bits per heavy atom. The molecule has 0 unspecified atom stereocenters. The zero-order chi connectivity index (χ0) is 21.3. The number of hydrogen-bond acceptors (Lipinski definition) is 5. The van der Waals surface area contributed by atoms with Crippen LogP contribution >= 0.6 is 0 Å². The fourth-order valence-electron chi connectivity index (χ4n) is 2.81. The highest BCUT2D eigenvalue weighted by Crippen LogP contribution is 2.17. The summed E-state index contributed by atoms with van der Waals surface area (Å²) in [5, 5.41) is 2.64. The van der Waals surface area contributed by atoms with Gasteiger partial charge in [0.2, 0.25) is 0 Å². The quantitative estimate of drug-likeness (QED) is 0.452. The Kier molecular flexibility index (Phi) is 6.95. The fraction of sp³-hybridized carbons (Fsp3) is 0.125. The van der Waals surface area contributed by atoms with Crippen LogP contribution < -0.4 is 10.1 Å². The molecule has 1 N–H and O–H groups in total. The first-order valence-corrected chi connectivity index (χ1v) is 9.47. The second-order valence-electron chi connectivity index (χ2n) is 6.32. The Labute approximate surface area is 174 Å². The van der Waals surface area contributed by atoms with Crippen molar-refractivity contribution in [1.29, 1.82) is 0 Å². The number of benzene rings is 3. The lowest BCUT2D eigenvalue weighted by Gasteiger charge is -2.10. The van der Waals surface area contributed by atoms with E-state index in [-0.39, 0.29) is 16.9 Å². The average molecular weight is 403 g/mol. The second kappa shape index (κ2) is 10.0. The molecule has 0 bridgehead atoms. The van der Waals surface area contributed by atoms with E-state index in [0.29, 0.717) is 23.6 Å². The van der Waals surface area contributed by atoms with Crippen molar-refractivity contribution in [2.45, 2.75) is 6.92 Å². The lowest BCUT2D eigenvalue weighted by Crippen LogP contribution is -2.22. The molecule has 0 fully saturated rings. The Morgan fingerprint density at radius 2 is 1.43 bits per heavy atom. The molecule has 0 spiro atoms. The van der Waals surface area contributed by atoms with Gasteiger partial charge in [0.05, 0.1) is 12.2 Å². The molecule has 0 atom stereocenters. The van der Waals surface area contributed by atoms with Gasteiger partial charge in [0, 0.05) is 16.8 Å². The first-order valence-electron chi connectivity index (χ1n) is 9.47. The highest BCUT2D eigenvalue weighted by atomic mass is 16.5. The van der Waals surface area contributed by atoms with Crippen molar-refractivity contribution in [3.8, 4) is 5.75 Å². The van der Waals surface area contributed by atoms with Crippen molar-refractivity contribution in [1.82, 2.24) is 0 Å². The molecule has 0 saturated carbocycles. The molecule has 0 heterocycles. The van der Waals surface area contributed by atoms with E-state index >= 15 is 0 Å². The summed E-state index contributed by atoms with van der Waals surface area (Å²) in [6.07, 6.45) is 0. The number of amides is 1. The molecule has 6 heteroatoms. The summed E-state index contributed by atoms with van der Waals surface area (Å²) >= 11 is 0. The van der Waals surface area contributed by atoms with E-state index in [1.165, 1.54) is 6.07 Å². The molecule has 0 radical (unpaired) electrons. The van der Waals surface area contributed by atoms with Crippen LogP contribution in [0.2, 0.25) is 0 Å². The summed E-state index contributed by atoms with van der Waals surface area (Å²) in [4.78, 5) is 37.3. The van der Waals surface area contributed by atoms with Crippen LogP contribution in [0.5, 0.6) is 5.75 Å². The average Bonchev–Trinajstić information content (AvgIpc) is 2.79. The first kappa shape index (κ1) is 20.8. The summed E-state index contributed by atoms with van der Waals surface area (Å²) in [5.74, 6) is -0.820. The number of ketones is 1. The normalized spacial score (nSPS) is 10.2. The number of ether oxygens (including phenoxy) is 2. The zero-order valence-corrected chi connectivity index (χ0v) is 16.5. The van der Waals surface area contributed by atoms with Crippen LogP contribution in [-0.2, 0) is 9.53 Å². The van der Waals surface area contributed by atoms with Crippen molar-refractivity contribution >= 4 is 23.3 Å². The van der Waals surface area contributed by atoms with Gasteiger partial charge in [0.25, 0.3) is 5.91 Å². The van der Waals surface area contributed by atoms with E-state index in [2.05, 4.69) is 5.32 Å². The molecular weight excluding hydrogens is 382 g/mol. The van der Waals surface area contributed by atoms with E-state index < -0.39 is 18.5 Å². The minimum Gasteiger partial charge on any atom is -0.494 e. The van der Waals surface area contributed by atoms with Crippen LogP contribution in [0.15, 0.2) is 78.9 Å². The van der Waals surface area contributed by atoms with Crippen LogP contribution in [0.3, 0.4) is 0 Å². The third-order valence-electron chi connectivity index (χ3n) is 4.21. The molecule has 1 amide bonds. The SMILES string of the molecule is CCOc1ccc(NC(=O)COC(=O)c2ccccc2C(=O)c2ccccc2)cc1. The monoisotopic (exact) mass is 403 g/mol. The van der Waals surface area contributed by atoms with E-state index in [9.17, 15) is 14.4 Å². The van der Waals surface area contributed by atoms with E-state index in [4.69, 9.17) is 9.47 Å². The Balaban J connectivity index is 1.62. The molecular formula is C24H21NO5. The molecule has 3 aromatic carbocycles. The maximum absolute atomic E-state index is 12.7. The van der Waals surface area contributed by atoms with Crippen molar-refractivity contribution in [3.63, 3.8) is 0 Å². The minimum absolute atomic E-state index is 0.111. The smallest absolute Gasteiger partial charge is 0.339 e. The number of carbonyl (C=O) groups is 3. The van der Waals surface area contributed by atoms with Crippen molar-refractivity contribution < 1.29 is 23.9 Å². The molecule has 0 aliphatic heterocycles. The van der Waals surface area contributed by atoms with Gasteiger partial charge in [-0.3, -0.25) is 9.59 Å². The number of rotatable bonds is 8. The lowest BCUT2D eigenvalue weighted by atomic mass is 9.98. The second-order valence-corrected chi connectivity index (χ2v) is 6.32. The highest BCUT2D eigenvalue weighted by molar-refractivity contribution is 6.14. The van der Waals surface area contributed by atoms with Gasteiger partial charge < -0.3 is 14.8 Å². The van der Waals surface area contributed by atoms with Crippen LogP contribution in [0, 0.1) is 0 Å². The topological polar surface area (TPSA) is 81.7 Å². The molecule has 30 heavy (non-hydrogen) atoms. The van der Waals surface area contributed by atoms with Gasteiger partial charge in [-0.25, -0.2) is 4.79 Å². The summed E-state index contributed by atoms with van der Waals surface area (Å²) in [7, 11) is 0. The number of anilines is 1. The summed E-state index contributed by atoms with van der Waals surface area (Å²) in [6.45, 7) is 1.96. The molecule has 0 saturated heterocycles.